The smallest absolute Gasteiger partial charge is 0.257 e. The molecule has 0 aliphatic carbocycles. The van der Waals surface area contributed by atoms with Crippen molar-refractivity contribution in [3.63, 3.8) is 0 Å². The van der Waals surface area contributed by atoms with Gasteiger partial charge < -0.3 is 14.2 Å². The molecule has 3 heterocycles. The molecule has 7 nitrogen and oxygen atoms in total. The zero-order valence-electron chi connectivity index (χ0n) is 15.3. The van der Waals surface area contributed by atoms with Gasteiger partial charge in [-0.15, -0.1) is 12.3 Å². The summed E-state index contributed by atoms with van der Waals surface area (Å²) in [5.41, 5.74) is 0.186. The summed E-state index contributed by atoms with van der Waals surface area (Å²) >= 11 is 0. The lowest BCUT2D eigenvalue weighted by atomic mass is 10.0. The van der Waals surface area contributed by atoms with Gasteiger partial charge in [0.1, 0.15) is 11.5 Å². The van der Waals surface area contributed by atoms with Crippen LogP contribution in [0.25, 0.3) is 0 Å². The summed E-state index contributed by atoms with van der Waals surface area (Å²) < 4.78 is 5.44. The minimum Gasteiger partial charge on any atom is -0.466 e. The number of piperazine rings is 1. The number of nitrogens with zero attached hydrogens (tertiary/aromatic N) is 4. The first kappa shape index (κ1) is 18.2. The molecule has 1 saturated heterocycles. The maximum Gasteiger partial charge on any atom is 0.257 e. The number of amides is 2. The van der Waals surface area contributed by atoms with Crippen LogP contribution >= 0.6 is 0 Å². The van der Waals surface area contributed by atoms with Crippen LogP contribution in [0.1, 0.15) is 47.6 Å². The zero-order valence-corrected chi connectivity index (χ0v) is 15.3. The van der Waals surface area contributed by atoms with Gasteiger partial charge in [-0.2, -0.15) is 10.2 Å². The van der Waals surface area contributed by atoms with Gasteiger partial charge in [0.05, 0.1) is 5.56 Å². The van der Waals surface area contributed by atoms with Crippen molar-refractivity contribution in [2.24, 2.45) is 10.2 Å². The van der Waals surface area contributed by atoms with Gasteiger partial charge in [-0.1, -0.05) is 0 Å². The Balaban J connectivity index is 1.46. The molecule has 1 fully saturated rings. The van der Waals surface area contributed by atoms with Crippen molar-refractivity contribution < 1.29 is 14.0 Å². The molecule has 0 bridgehead atoms. The molecular weight excluding hydrogens is 332 g/mol. The van der Waals surface area contributed by atoms with E-state index < -0.39 is 5.66 Å². The van der Waals surface area contributed by atoms with Crippen molar-refractivity contribution in [1.29, 1.82) is 0 Å². The van der Waals surface area contributed by atoms with Crippen LogP contribution in [0, 0.1) is 26.2 Å². The van der Waals surface area contributed by atoms with E-state index in [9.17, 15) is 9.59 Å². The molecule has 2 aliphatic rings. The lowest BCUT2D eigenvalue weighted by Gasteiger charge is -2.35. The summed E-state index contributed by atoms with van der Waals surface area (Å²) in [7, 11) is 0. The minimum absolute atomic E-state index is 0.0322. The second-order valence-corrected chi connectivity index (χ2v) is 6.89. The summed E-state index contributed by atoms with van der Waals surface area (Å²) in [6.45, 7) is 5.79. The van der Waals surface area contributed by atoms with Gasteiger partial charge in [-0.05, 0) is 19.9 Å². The first-order chi connectivity index (χ1) is 12.4. The highest BCUT2D eigenvalue weighted by Crippen LogP contribution is 2.37. The molecule has 1 aromatic heterocycles. The van der Waals surface area contributed by atoms with Crippen LogP contribution in [-0.4, -0.2) is 53.5 Å². The number of carbonyl (C=O) groups is 2. The van der Waals surface area contributed by atoms with E-state index in [1.165, 1.54) is 0 Å². The van der Waals surface area contributed by atoms with Crippen molar-refractivity contribution in [1.82, 2.24) is 9.80 Å². The van der Waals surface area contributed by atoms with E-state index >= 15 is 0 Å². The number of hydrogen-bond acceptors (Lipinski definition) is 5. The molecule has 26 heavy (non-hydrogen) atoms. The molecule has 0 atom stereocenters. The number of rotatable bonds is 6. The zero-order chi connectivity index (χ0) is 18.7. The molecule has 0 spiro atoms. The SMILES string of the molecule is C#CCCC1(CCC(=O)N2CCN(C(=O)c3cc(C)oc3C)CC2)N=N1. The normalized spacial score (nSPS) is 17.9. The van der Waals surface area contributed by atoms with Crippen LogP contribution in [0.15, 0.2) is 20.7 Å². The number of furan rings is 1. The third-order valence-corrected chi connectivity index (χ3v) is 4.98. The van der Waals surface area contributed by atoms with Crippen molar-refractivity contribution >= 4 is 11.8 Å². The van der Waals surface area contributed by atoms with Crippen LogP contribution in [-0.2, 0) is 4.79 Å². The Morgan fingerprint density at radius 3 is 2.38 bits per heavy atom. The monoisotopic (exact) mass is 356 g/mol. The average Bonchev–Trinajstić information content (AvgIpc) is 3.34. The standard InChI is InChI=1S/C19H24N4O3/c1-4-5-7-19(20-21-19)8-6-17(24)22-9-11-23(12-10-22)18(25)16-13-14(2)26-15(16)3/h1,13H,5-12H2,2-3H3. The molecule has 3 rings (SSSR count). The summed E-state index contributed by atoms with van der Waals surface area (Å²) in [5.74, 6) is 4.02. The molecule has 1 aromatic rings. The first-order valence-electron chi connectivity index (χ1n) is 8.96. The van der Waals surface area contributed by atoms with Crippen LogP contribution < -0.4 is 0 Å². The van der Waals surface area contributed by atoms with Gasteiger partial charge in [0, 0.05) is 51.9 Å². The van der Waals surface area contributed by atoms with Crippen LogP contribution in [0.3, 0.4) is 0 Å². The van der Waals surface area contributed by atoms with E-state index in [4.69, 9.17) is 10.8 Å². The second-order valence-electron chi connectivity index (χ2n) is 6.89. The Morgan fingerprint density at radius 1 is 1.19 bits per heavy atom. The van der Waals surface area contributed by atoms with Crippen LogP contribution in [0.2, 0.25) is 0 Å². The maximum atomic E-state index is 12.6. The Bertz CT molecular complexity index is 760. The first-order valence-corrected chi connectivity index (χ1v) is 8.96. The highest BCUT2D eigenvalue weighted by atomic mass is 16.3. The number of aryl methyl sites for hydroxylation is 2. The fourth-order valence-electron chi connectivity index (χ4n) is 3.31. The van der Waals surface area contributed by atoms with Gasteiger partial charge in [-0.3, -0.25) is 9.59 Å². The van der Waals surface area contributed by atoms with Crippen molar-refractivity contribution in [3.8, 4) is 12.3 Å². The summed E-state index contributed by atoms with van der Waals surface area (Å²) in [4.78, 5) is 28.6. The molecule has 0 N–H and O–H groups in total. The lowest BCUT2D eigenvalue weighted by Crippen LogP contribution is -2.50. The van der Waals surface area contributed by atoms with Crippen LogP contribution in [0.5, 0.6) is 0 Å². The van der Waals surface area contributed by atoms with Crippen molar-refractivity contribution in [2.75, 3.05) is 26.2 Å². The summed E-state index contributed by atoms with van der Waals surface area (Å²) in [5, 5.41) is 8.13. The van der Waals surface area contributed by atoms with E-state index in [0.717, 1.165) is 5.76 Å². The summed E-state index contributed by atoms with van der Waals surface area (Å²) in [6, 6.07) is 1.77. The lowest BCUT2D eigenvalue weighted by molar-refractivity contribution is -0.132. The molecule has 138 valence electrons. The molecule has 7 heteroatoms. The molecular formula is C19H24N4O3. The van der Waals surface area contributed by atoms with E-state index in [-0.39, 0.29) is 11.8 Å². The highest BCUT2D eigenvalue weighted by molar-refractivity contribution is 5.95. The number of carbonyl (C=O) groups excluding carboxylic acids is 2. The predicted octanol–water partition coefficient (Wildman–Crippen LogP) is 2.54. The predicted molar refractivity (Wildman–Crippen MR) is 95.6 cm³/mol. The van der Waals surface area contributed by atoms with Gasteiger partial charge in [0.15, 0.2) is 5.66 Å². The quantitative estimate of drug-likeness (QED) is 0.735. The van der Waals surface area contributed by atoms with Crippen molar-refractivity contribution in [2.45, 2.75) is 45.2 Å². The van der Waals surface area contributed by atoms with Gasteiger partial charge in [0.2, 0.25) is 5.91 Å². The van der Waals surface area contributed by atoms with E-state index in [1.54, 1.807) is 17.9 Å². The van der Waals surface area contributed by atoms with Crippen molar-refractivity contribution in [3.05, 3.63) is 23.2 Å². The highest BCUT2D eigenvalue weighted by Gasteiger charge is 2.39. The van der Waals surface area contributed by atoms with Crippen LogP contribution in [0.4, 0.5) is 0 Å². The Labute approximate surface area is 153 Å². The molecule has 0 radical (unpaired) electrons. The number of hydrogen-bond donors (Lipinski definition) is 0. The Hall–Kier alpha value is -2.62. The molecule has 0 unspecified atom stereocenters. The third-order valence-electron chi connectivity index (χ3n) is 4.98. The van der Waals surface area contributed by atoms with Gasteiger partial charge in [-0.25, -0.2) is 0 Å². The fourth-order valence-corrected chi connectivity index (χ4v) is 3.31. The summed E-state index contributed by atoms with van der Waals surface area (Å²) in [6.07, 6.45) is 7.63. The third kappa shape index (κ3) is 3.96. The Kier molecular flexibility index (Phi) is 5.12. The average molecular weight is 356 g/mol. The number of terminal acetylenes is 1. The maximum absolute atomic E-state index is 12.6. The second kappa shape index (κ2) is 7.32. The fraction of sp³-hybridized carbons (Fsp3) is 0.579. The molecule has 2 amide bonds. The Morgan fingerprint density at radius 2 is 1.85 bits per heavy atom. The molecule has 2 aliphatic heterocycles. The largest absolute Gasteiger partial charge is 0.466 e. The molecule has 0 saturated carbocycles. The molecule has 0 aromatic carbocycles. The topological polar surface area (TPSA) is 78.5 Å². The van der Waals surface area contributed by atoms with E-state index in [1.807, 2.05) is 11.8 Å². The van der Waals surface area contributed by atoms with E-state index in [2.05, 4.69) is 16.1 Å². The van der Waals surface area contributed by atoms with Gasteiger partial charge in [0.25, 0.3) is 5.91 Å². The minimum atomic E-state index is -0.420. The van der Waals surface area contributed by atoms with E-state index in [0.29, 0.717) is 63.2 Å². The van der Waals surface area contributed by atoms with Gasteiger partial charge >= 0.3 is 0 Å².